The molecule has 0 amide bonds. The quantitative estimate of drug-likeness (QED) is 0.314. The van der Waals surface area contributed by atoms with Crippen molar-refractivity contribution in [2.45, 2.75) is 13.8 Å². The summed E-state index contributed by atoms with van der Waals surface area (Å²) in [5.41, 5.74) is 4.52. The molecule has 0 fully saturated rings. The molecule has 0 spiro atoms. The topological polar surface area (TPSA) is 76.1 Å². The molecule has 7 heteroatoms. The molecule has 33 heavy (non-hydrogen) atoms. The Kier molecular flexibility index (Phi) is 4.56. The molecule has 3 aromatic carbocycles. The third-order valence-electron chi connectivity index (χ3n) is 5.47. The molecule has 0 saturated heterocycles. The third-order valence-corrected chi connectivity index (χ3v) is 5.47. The lowest BCUT2D eigenvalue weighted by molar-refractivity contribution is 0.929. The average molecular weight is 425 g/mol. The van der Waals surface area contributed by atoms with Gasteiger partial charge in [0.15, 0.2) is 17.2 Å². The Morgan fingerprint density at radius 1 is 0.818 bits per heavy atom. The highest BCUT2D eigenvalue weighted by Gasteiger charge is 2.16. The van der Waals surface area contributed by atoms with E-state index in [4.69, 9.17) is 13.1 Å². The highest BCUT2D eigenvalue weighted by molar-refractivity contribution is 6.10. The first-order chi connectivity index (χ1) is 16.0. The van der Waals surface area contributed by atoms with Crippen molar-refractivity contribution >= 4 is 33.2 Å². The van der Waals surface area contributed by atoms with Gasteiger partial charge in [0.1, 0.15) is 11.6 Å². The average Bonchev–Trinajstić information content (AvgIpc) is 3.15. The summed E-state index contributed by atoms with van der Waals surface area (Å²) >= 11 is 0. The second-order valence-electron chi connectivity index (χ2n) is 7.56. The number of aromatic nitrogens is 4. The zero-order chi connectivity index (χ0) is 23.1. The van der Waals surface area contributed by atoms with Crippen LogP contribution in [0.4, 0.5) is 11.4 Å². The molecule has 0 aliphatic heterocycles. The molecular weight excluding hydrogens is 410 g/mol. The summed E-state index contributed by atoms with van der Waals surface area (Å²) in [5.74, 6) is 1.65. The van der Waals surface area contributed by atoms with E-state index in [-0.39, 0.29) is 0 Å². The predicted octanol–water partition coefficient (Wildman–Crippen LogP) is 6.23. The van der Waals surface area contributed by atoms with Crippen molar-refractivity contribution in [3.63, 3.8) is 0 Å². The Bertz CT molecular complexity index is 1630. The number of nitriles is 1. The largest absolute Gasteiger partial charge is 0.312 e. The zero-order valence-corrected chi connectivity index (χ0v) is 17.8. The molecule has 7 nitrogen and oxygen atoms in total. The molecule has 0 bridgehead atoms. The summed E-state index contributed by atoms with van der Waals surface area (Å²) in [6.07, 6.45) is 0. The van der Waals surface area contributed by atoms with Crippen molar-refractivity contribution in [1.82, 2.24) is 19.5 Å². The fraction of sp³-hybridized carbons (Fsp3) is 0.0769. The van der Waals surface area contributed by atoms with Gasteiger partial charge >= 0.3 is 0 Å². The first kappa shape index (κ1) is 19.9. The van der Waals surface area contributed by atoms with Crippen LogP contribution in [0.3, 0.4) is 0 Å². The minimum atomic E-state index is 0.408. The second kappa shape index (κ2) is 7.57. The van der Waals surface area contributed by atoms with Crippen LogP contribution in [0, 0.1) is 38.3 Å². The Labute approximate surface area is 189 Å². The van der Waals surface area contributed by atoms with Crippen molar-refractivity contribution in [1.29, 1.82) is 5.26 Å². The van der Waals surface area contributed by atoms with Crippen molar-refractivity contribution in [3.05, 3.63) is 94.6 Å². The monoisotopic (exact) mass is 425 g/mol. The van der Waals surface area contributed by atoms with Gasteiger partial charge in [-0.1, -0.05) is 24.3 Å². The molecule has 0 aliphatic rings. The maximum Gasteiger partial charge on any atom is 0.200 e. The van der Waals surface area contributed by atoms with Gasteiger partial charge in [0.05, 0.1) is 30.3 Å². The van der Waals surface area contributed by atoms with Crippen molar-refractivity contribution in [3.8, 4) is 23.1 Å². The van der Waals surface area contributed by atoms with Crippen molar-refractivity contribution in [2.75, 3.05) is 0 Å². The molecule has 2 aromatic heterocycles. The molecule has 0 N–H and O–H groups in total. The van der Waals surface area contributed by atoms with E-state index in [2.05, 4.69) is 30.7 Å². The lowest BCUT2D eigenvalue weighted by Crippen LogP contribution is -2.00. The molecule has 0 unspecified atom stereocenters. The lowest BCUT2D eigenvalue weighted by atomic mass is 10.1. The molecule has 0 radical (unpaired) electrons. The number of hydrogen-bond acceptors (Lipinski definition) is 4. The fourth-order valence-corrected chi connectivity index (χ4v) is 4.10. The molecule has 2 heterocycles. The van der Waals surface area contributed by atoms with Crippen LogP contribution in [-0.4, -0.2) is 19.5 Å². The summed E-state index contributed by atoms with van der Waals surface area (Å²) < 4.78 is 1.99. The summed E-state index contributed by atoms with van der Waals surface area (Å²) in [5, 5.41) is 11.4. The molecule has 0 aliphatic carbocycles. The van der Waals surface area contributed by atoms with Gasteiger partial charge < -0.3 is 4.57 Å². The fourth-order valence-electron chi connectivity index (χ4n) is 4.10. The van der Waals surface area contributed by atoms with Gasteiger partial charge in [-0.15, -0.1) is 0 Å². The van der Waals surface area contributed by atoms with Crippen LogP contribution in [-0.2, 0) is 0 Å². The van der Waals surface area contributed by atoms with Gasteiger partial charge in [-0.25, -0.2) is 24.6 Å². The van der Waals surface area contributed by atoms with E-state index in [1.807, 2.05) is 41.0 Å². The normalized spacial score (nSPS) is 10.6. The van der Waals surface area contributed by atoms with Gasteiger partial charge in [-0.05, 0) is 44.2 Å². The molecule has 5 rings (SSSR count). The number of nitrogens with zero attached hydrogens (tertiary/aromatic N) is 7. The Balaban J connectivity index is 1.82. The number of aryl methyl sites for hydroxylation is 2. The predicted molar refractivity (Wildman–Crippen MR) is 126 cm³/mol. The number of hydrogen-bond donors (Lipinski definition) is 0. The van der Waals surface area contributed by atoms with E-state index >= 15 is 0 Å². The molecule has 154 valence electrons. The van der Waals surface area contributed by atoms with E-state index in [9.17, 15) is 5.26 Å². The first-order valence-electron chi connectivity index (χ1n) is 10.1. The minimum Gasteiger partial charge on any atom is -0.312 e. The zero-order valence-electron chi connectivity index (χ0n) is 17.8. The van der Waals surface area contributed by atoms with E-state index in [0.717, 1.165) is 27.5 Å². The van der Waals surface area contributed by atoms with E-state index in [1.54, 1.807) is 32.0 Å². The molecule has 0 atom stereocenters. The minimum absolute atomic E-state index is 0.408. The first-order valence-corrected chi connectivity index (χ1v) is 10.1. The van der Waals surface area contributed by atoms with Crippen LogP contribution >= 0.6 is 0 Å². The number of rotatable bonds is 2. The van der Waals surface area contributed by atoms with Crippen LogP contribution in [0.5, 0.6) is 0 Å². The lowest BCUT2D eigenvalue weighted by Gasteiger charge is -2.11. The van der Waals surface area contributed by atoms with E-state index in [1.165, 1.54) is 0 Å². The van der Waals surface area contributed by atoms with Crippen LogP contribution < -0.4 is 0 Å². The van der Waals surface area contributed by atoms with Crippen molar-refractivity contribution in [2.24, 2.45) is 0 Å². The van der Waals surface area contributed by atoms with E-state index < -0.39 is 0 Å². The smallest absolute Gasteiger partial charge is 0.200 e. The van der Waals surface area contributed by atoms with Gasteiger partial charge in [0, 0.05) is 27.5 Å². The maximum absolute atomic E-state index is 9.45. The highest BCUT2D eigenvalue weighted by Crippen LogP contribution is 2.37. The second-order valence-corrected chi connectivity index (χ2v) is 7.56. The molecule has 0 saturated carbocycles. The summed E-state index contributed by atoms with van der Waals surface area (Å²) in [4.78, 5) is 20.4. The van der Waals surface area contributed by atoms with Crippen LogP contribution in [0.1, 0.15) is 17.2 Å². The van der Waals surface area contributed by atoms with Gasteiger partial charge in [0.25, 0.3) is 0 Å². The van der Waals surface area contributed by atoms with Crippen LogP contribution in [0.2, 0.25) is 0 Å². The standard InChI is InChI=1S/C26H15N7/c1-15-30-16(2)32-26(31-15)22-10-7-19(13-23(22)29-4)33-24-11-17(14-27)5-8-20(24)21-9-6-18(28-3)12-25(21)33/h5-13H,1-2H3. The highest BCUT2D eigenvalue weighted by atomic mass is 15.0. The summed E-state index contributed by atoms with van der Waals surface area (Å²) in [6, 6.07) is 18.8. The summed E-state index contributed by atoms with van der Waals surface area (Å²) in [7, 11) is 0. The Hall–Kier alpha value is -5.06. The number of benzene rings is 3. The van der Waals surface area contributed by atoms with Crippen LogP contribution in [0.25, 0.3) is 48.6 Å². The van der Waals surface area contributed by atoms with Gasteiger partial charge in [-0.2, -0.15) is 5.26 Å². The third kappa shape index (κ3) is 3.24. The van der Waals surface area contributed by atoms with E-state index in [0.29, 0.717) is 40.0 Å². The number of fused-ring (bicyclic) bond motifs is 3. The Morgan fingerprint density at radius 3 is 2.18 bits per heavy atom. The van der Waals surface area contributed by atoms with Crippen molar-refractivity contribution < 1.29 is 0 Å². The Morgan fingerprint density at radius 2 is 1.52 bits per heavy atom. The maximum atomic E-state index is 9.45. The van der Waals surface area contributed by atoms with Gasteiger partial charge in [-0.3, -0.25) is 0 Å². The van der Waals surface area contributed by atoms with Crippen LogP contribution in [0.15, 0.2) is 54.6 Å². The molecule has 5 aromatic rings. The summed E-state index contributed by atoms with van der Waals surface area (Å²) in [6.45, 7) is 18.8. The molecular formula is C26H15N7. The SMILES string of the molecule is [C-]#[N+]c1ccc2c3ccc(C#N)cc3n(-c3ccc(-c4nc(C)nc(C)n4)c([N+]#[C-])c3)c2c1. The van der Waals surface area contributed by atoms with Gasteiger partial charge in [0.2, 0.25) is 0 Å².